The summed E-state index contributed by atoms with van der Waals surface area (Å²) in [5.74, 6) is 0.942. The van der Waals surface area contributed by atoms with Gasteiger partial charge in [0.2, 0.25) is 0 Å². The summed E-state index contributed by atoms with van der Waals surface area (Å²) in [4.78, 5) is 16.3. The third-order valence-electron chi connectivity index (χ3n) is 4.82. The van der Waals surface area contributed by atoms with Crippen LogP contribution < -0.4 is 10.5 Å². The molecule has 0 unspecified atom stereocenters. The topological polar surface area (TPSA) is 54.3 Å². The molecule has 1 saturated heterocycles. The first-order valence-corrected chi connectivity index (χ1v) is 8.79. The predicted octanol–water partition coefficient (Wildman–Crippen LogP) is 1.76. The van der Waals surface area contributed by atoms with E-state index in [-0.39, 0.29) is 11.0 Å². The van der Waals surface area contributed by atoms with Crippen molar-refractivity contribution in [2.45, 2.75) is 38.8 Å². The molecule has 0 bridgehead atoms. The maximum Gasteiger partial charge on any atom is 0.250 e. The van der Waals surface area contributed by atoms with Gasteiger partial charge >= 0.3 is 0 Å². The smallest absolute Gasteiger partial charge is 0.250 e. The zero-order valence-electron chi connectivity index (χ0n) is 15.5. The average Bonchev–Trinajstić information content (AvgIpc) is 2.52. The van der Waals surface area contributed by atoms with Crippen molar-refractivity contribution in [3.8, 4) is 0 Å². The molecule has 1 aliphatic heterocycles. The Balaban J connectivity index is 1.50. The van der Waals surface area contributed by atoms with Gasteiger partial charge in [0.25, 0.3) is 5.56 Å². The van der Waals surface area contributed by atoms with Gasteiger partial charge in [-0.25, -0.2) is 0 Å². The van der Waals surface area contributed by atoms with E-state index < -0.39 is 0 Å². The lowest BCUT2D eigenvalue weighted by Gasteiger charge is -2.44. The monoisotopic (exact) mass is 341 g/mol. The van der Waals surface area contributed by atoms with Gasteiger partial charge in [0.15, 0.2) is 5.82 Å². The Labute approximate surface area is 149 Å². The second-order valence-corrected chi connectivity index (χ2v) is 7.80. The molecule has 134 valence electrons. The molecule has 3 heterocycles. The second kappa shape index (κ2) is 6.96. The van der Waals surface area contributed by atoms with E-state index in [2.05, 4.69) is 59.9 Å². The molecule has 0 spiro atoms. The summed E-state index contributed by atoms with van der Waals surface area (Å²) in [7, 11) is 2.12. The Kier molecular flexibility index (Phi) is 4.90. The summed E-state index contributed by atoms with van der Waals surface area (Å²) < 4.78 is 1.75. The van der Waals surface area contributed by atoms with Crippen LogP contribution in [0.4, 0.5) is 5.82 Å². The van der Waals surface area contributed by atoms with E-state index >= 15 is 0 Å². The number of nitrogens with zero attached hydrogens (tertiary/aromatic N) is 5. The molecule has 6 heteroatoms. The van der Waals surface area contributed by atoms with Gasteiger partial charge in [0.1, 0.15) is 0 Å². The SMILES string of the molecule is CN(CCn1ccccc1=O)C1CN(c2ccc(C(C)(C)C)nn2)C1. The third-order valence-corrected chi connectivity index (χ3v) is 4.82. The zero-order chi connectivity index (χ0) is 18.0. The first-order chi connectivity index (χ1) is 11.8. The molecule has 0 atom stereocenters. The van der Waals surface area contributed by atoms with E-state index in [1.54, 1.807) is 16.7 Å². The minimum Gasteiger partial charge on any atom is -0.352 e. The Bertz CT molecular complexity index is 756. The number of likely N-dealkylation sites (N-methyl/N-ethyl adjacent to an activating group) is 1. The molecule has 0 radical (unpaired) electrons. The van der Waals surface area contributed by atoms with E-state index in [4.69, 9.17) is 0 Å². The fourth-order valence-corrected chi connectivity index (χ4v) is 2.91. The lowest BCUT2D eigenvalue weighted by atomic mass is 9.92. The fraction of sp³-hybridized carbons (Fsp3) is 0.526. The molecular weight excluding hydrogens is 314 g/mol. The summed E-state index contributed by atoms with van der Waals surface area (Å²) in [6.07, 6.45) is 1.84. The van der Waals surface area contributed by atoms with Gasteiger partial charge in [-0.1, -0.05) is 26.8 Å². The van der Waals surface area contributed by atoms with Gasteiger partial charge in [-0.2, -0.15) is 5.10 Å². The first kappa shape index (κ1) is 17.6. The molecule has 3 rings (SSSR count). The van der Waals surface area contributed by atoms with Crippen molar-refractivity contribution in [3.05, 3.63) is 52.6 Å². The molecule has 25 heavy (non-hydrogen) atoms. The van der Waals surface area contributed by atoms with Gasteiger partial charge in [-0.05, 0) is 25.2 Å². The number of hydrogen-bond donors (Lipinski definition) is 0. The van der Waals surface area contributed by atoms with Gasteiger partial charge in [0.05, 0.1) is 5.69 Å². The van der Waals surface area contributed by atoms with Crippen LogP contribution in [-0.4, -0.2) is 52.4 Å². The molecule has 0 saturated carbocycles. The van der Waals surface area contributed by atoms with Crippen LogP contribution in [0.2, 0.25) is 0 Å². The summed E-state index contributed by atoms with van der Waals surface area (Å²) >= 11 is 0. The highest BCUT2D eigenvalue weighted by Gasteiger charge is 2.31. The van der Waals surface area contributed by atoms with E-state index in [1.807, 2.05) is 12.3 Å². The van der Waals surface area contributed by atoms with Crippen LogP contribution in [0.25, 0.3) is 0 Å². The highest BCUT2D eigenvalue weighted by Crippen LogP contribution is 2.24. The summed E-state index contributed by atoms with van der Waals surface area (Å²) in [5.41, 5.74) is 1.10. The normalized spacial score (nSPS) is 15.5. The minimum atomic E-state index is 0.0265. The van der Waals surface area contributed by atoms with Crippen LogP contribution in [0.15, 0.2) is 41.3 Å². The molecule has 1 aliphatic rings. The standard InChI is InChI=1S/C19H27N5O/c1-19(2,3)16-8-9-17(21-20-16)24-13-15(14-24)22(4)11-12-23-10-6-5-7-18(23)25/h5-10,15H,11-14H2,1-4H3. The highest BCUT2D eigenvalue weighted by molar-refractivity contribution is 5.42. The first-order valence-electron chi connectivity index (χ1n) is 8.79. The van der Waals surface area contributed by atoms with E-state index in [0.29, 0.717) is 12.6 Å². The van der Waals surface area contributed by atoms with Gasteiger partial charge in [0, 0.05) is 49.9 Å². The van der Waals surface area contributed by atoms with Crippen molar-refractivity contribution in [1.82, 2.24) is 19.7 Å². The summed E-state index contributed by atoms with van der Waals surface area (Å²) in [5, 5.41) is 8.74. The fourth-order valence-electron chi connectivity index (χ4n) is 2.91. The number of anilines is 1. The van der Waals surface area contributed by atoms with Crippen LogP contribution in [0, 0.1) is 0 Å². The van der Waals surface area contributed by atoms with E-state index in [0.717, 1.165) is 31.1 Å². The summed E-state index contributed by atoms with van der Waals surface area (Å²) in [6.45, 7) is 9.90. The molecule has 1 fully saturated rings. The van der Waals surface area contributed by atoms with Crippen LogP contribution in [-0.2, 0) is 12.0 Å². The lowest BCUT2D eigenvalue weighted by molar-refractivity contribution is 0.197. The van der Waals surface area contributed by atoms with Gasteiger partial charge < -0.3 is 9.47 Å². The largest absolute Gasteiger partial charge is 0.352 e. The minimum absolute atomic E-state index is 0.0265. The van der Waals surface area contributed by atoms with Crippen LogP contribution >= 0.6 is 0 Å². The number of aromatic nitrogens is 3. The molecule has 0 aromatic carbocycles. The van der Waals surface area contributed by atoms with Crippen molar-refractivity contribution >= 4 is 5.82 Å². The lowest BCUT2D eigenvalue weighted by Crippen LogP contribution is -2.59. The van der Waals surface area contributed by atoms with Crippen LogP contribution in [0.3, 0.4) is 0 Å². The Hall–Kier alpha value is -2.21. The van der Waals surface area contributed by atoms with Crippen molar-refractivity contribution in [2.24, 2.45) is 0 Å². The van der Waals surface area contributed by atoms with Gasteiger partial charge in [-0.3, -0.25) is 9.69 Å². The Morgan fingerprint density at radius 3 is 2.52 bits per heavy atom. The maximum absolute atomic E-state index is 11.7. The van der Waals surface area contributed by atoms with Gasteiger partial charge in [-0.15, -0.1) is 5.10 Å². The highest BCUT2D eigenvalue weighted by atomic mass is 16.1. The zero-order valence-corrected chi connectivity index (χ0v) is 15.5. The quantitative estimate of drug-likeness (QED) is 0.829. The van der Waals surface area contributed by atoms with Crippen LogP contribution in [0.1, 0.15) is 26.5 Å². The average molecular weight is 341 g/mol. The van der Waals surface area contributed by atoms with Crippen molar-refractivity contribution < 1.29 is 0 Å². The molecule has 2 aromatic rings. The van der Waals surface area contributed by atoms with Crippen molar-refractivity contribution in [2.75, 3.05) is 31.6 Å². The third kappa shape index (κ3) is 4.07. The second-order valence-electron chi connectivity index (χ2n) is 7.80. The Morgan fingerprint density at radius 1 is 1.16 bits per heavy atom. The summed E-state index contributed by atoms with van der Waals surface area (Å²) in [6, 6.07) is 9.90. The van der Waals surface area contributed by atoms with Crippen LogP contribution in [0.5, 0.6) is 0 Å². The van der Waals surface area contributed by atoms with Crippen molar-refractivity contribution in [3.63, 3.8) is 0 Å². The molecule has 6 nitrogen and oxygen atoms in total. The number of hydrogen-bond acceptors (Lipinski definition) is 5. The van der Waals surface area contributed by atoms with E-state index in [1.165, 1.54) is 0 Å². The number of rotatable bonds is 5. The number of pyridine rings is 1. The Morgan fingerprint density at radius 2 is 1.92 bits per heavy atom. The van der Waals surface area contributed by atoms with Crippen molar-refractivity contribution in [1.29, 1.82) is 0 Å². The molecule has 0 aliphatic carbocycles. The molecular formula is C19H27N5O. The molecule has 0 N–H and O–H groups in total. The van der Waals surface area contributed by atoms with E-state index in [9.17, 15) is 4.79 Å². The molecule has 0 amide bonds. The predicted molar refractivity (Wildman–Crippen MR) is 100 cm³/mol. The molecule has 2 aromatic heterocycles. The maximum atomic E-state index is 11.7.